The maximum absolute atomic E-state index is 12.4. The molecule has 1 N–H and O–H groups in total. The highest BCUT2D eigenvalue weighted by Gasteiger charge is 2.29. The summed E-state index contributed by atoms with van der Waals surface area (Å²) in [6, 6.07) is 4.39. The SMILES string of the molecule is CCCCN(C)S(=O)(=O)NCc1ccc(C(F)(F)F)cc1. The number of hydrogen-bond donors (Lipinski definition) is 1. The number of alkyl halides is 3. The number of nitrogens with zero attached hydrogens (tertiary/aromatic N) is 1. The first-order chi connectivity index (χ1) is 9.66. The molecule has 1 aromatic carbocycles. The van der Waals surface area contributed by atoms with E-state index in [4.69, 9.17) is 0 Å². The lowest BCUT2D eigenvalue weighted by atomic mass is 10.1. The van der Waals surface area contributed by atoms with Crippen LogP contribution in [0.25, 0.3) is 0 Å². The van der Waals surface area contributed by atoms with Gasteiger partial charge in [-0.2, -0.15) is 30.6 Å². The smallest absolute Gasteiger partial charge is 0.198 e. The van der Waals surface area contributed by atoms with Crippen molar-refractivity contribution in [1.29, 1.82) is 0 Å². The highest BCUT2D eigenvalue weighted by molar-refractivity contribution is 7.87. The molecule has 0 radical (unpaired) electrons. The average Bonchev–Trinajstić information content (AvgIpc) is 2.42. The largest absolute Gasteiger partial charge is 0.416 e. The minimum Gasteiger partial charge on any atom is -0.198 e. The minimum absolute atomic E-state index is 0.0447. The lowest BCUT2D eigenvalue weighted by Gasteiger charge is -2.17. The third-order valence-corrected chi connectivity index (χ3v) is 4.49. The van der Waals surface area contributed by atoms with Gasteiger partial charge in [0.25, 0.3) is 10.2 Å². The molecule has 8 heteroatoms. The van der Waals surface area contributed by atoms with Crippen LogP contribution in [0.3, 0.4) is 0 Å². The first kappa shape index (κ1) is 17.9. The molecule has 0 amide bonds. The van der Waals surface area contributed by atoms with Crippen LogP contribution in [0.15, 0.2) is 24.3 Å². The first-order valence-electron chi connectivity index (χ1n) is 6.54. The molecule has 0 aromatic heterocycles. The Bertz CT molecular complexity index is 542. The van der Waals surface area contributed by atoms with Crippen molar-refractivity contribution < 1.29 is 21.6 Å². The van der Waals surface area contributed by atoms with E-state index in [1.807, 2.05) is 6.92 Å². The summed E-state index contributed by atoms with van der Waals surface area (Å²) in [7, 11) is -2.15. The van der Waals surface area contributed by atoms with E-state index in [0.717, 1.165) is 25.0 Å². The molecule has 0 aliphatic carbocycles. The molecule has 1 rings (SSSR count). The average molecular weight is 324 g/mol. The van der Waals surface area contributed by atoms with Crippen molar-refractivity contribution >= 4 is 10.2 Å². The summed E-state index contributed by atoms with van der Waals surface area (Å²) >= 11 is 0. The molecule has 0 unspecified atom stereocenters. The topological polar surface area (TPSA) is 49.4 Å². The van der Waals surface area contributed by atoms with Crippen LogP contribution in [0.2, 0.25) is 0 Å². The number of benzene rings is 1. The van der Waals surface area contributed by atoms with Crippen LogP contribution in [0, 0.1) is 0 Å². The number of unbranched alkanes of at least 4 members (excludes halogenated alkanes) is 1. The number of halogens is 3. The van der Waals surface area contributed by atoms with Crippen molar-refractivity contribution in [2.75, 3.05) is 13.6 Å². The lowest BCUT2D eigenvalue weighted by molar-refractivity contribution is -0.137. The molecule has 0 bridgehead atoms. The normalized spacial score (nSPS) is 12.9. The van der Waals surface area contributed by atoms with E-state index in [9.17, 15) is 21.6 Å². The fraction of sp³-hybridized carbons (Fsp3) is 0.538. The van der Waals surface area contributed by atoms with Crippen molar-refractivity contribution in [2.45, 2.75) is 32.5 Å². The highest BCUT2D eigenvalue weighted by Crippen LogP contribution is 2.29. The van der Waals surface area contributed by atoms with Crippen molar-refractivity contribution in [1.82, 2.24) is 9.03 Å². The van der Waals surface area contributed by atoms with Gasteiger partial charge >= 0.3 is 6.18 Å². The third-order valence-electron chi connectivity index (χ3n) is 2.98. The van der Waals surface area contributed by atoms with Crippen molar-refractivity contribution in [2.24, 2.45) is 0 Å². The van der Waals surface area contributed by atoms with Crippen LogP contribution in [-0.2, 0) is 22.9 Å². The van der Waals surface area contributed by atoms with E-state index in [-0.39, 0.29) is 6.54 Å². The van der Waals surface area contributed by atoms with E-state index in [1.54, 1.807) is 0 Å². The molecule has 0 heterocycles. The van der Waals surface area contributed by atoms with Gasteiger partial charge in [0.1, 0.15) is 0 Å². The van der Waals surface area contributed by atoms with Crippen molar-refractivity contribution in [3.05, 3.63) is 35.4 Å². The van der Waals surface area contributed by atoms with E-state index in [0.29, 0.717) is 12.1 Å². The standard InChI is InChI=1S/C13H19F3N2O2S/c1-3-4-9-18(2)21(19,20)17-10-11-5-7-12(8-6-11)13(14,15)16/h5-8,17H,3-4,9-10H2,1-2H3. The van der Waals surface area contributed by atoms with Gasteiger partial charge in [0.05, 0.1) is 5.56 Å². The van der Waals surface area contributed by atoms with Crippen molar-refractivity contribution in [3.8, 4) is 0 Å². The predicted octanol–water partition coefficient (Wildman–Crippen LogP) is 2.77. The fourth-order valence-corrected chi connectivity index (χ4v) is 2.54. The van der Waals surface area contributed by atoms with Gasteiger partial charge in [-0.3, -0.25) is 0 Å². The third kappa shape index (κ3) is 5.64. The van der Waals surface area contributed by atoms with Gasteiger partial charge in [-0.15, -0.1) is 0 Å². The van der Waals surface area contributed by atoms with Gasteiger partial charge in [0.15, 0.2) is 0 Å². The number of hydrogen-bond acceptors (Lipinski definition) is 2. The molecule has 120 valence electrons. The Hall–Kier alpha value is -1.12. The summed E-state index contributed by atoms with van der Waals surface area (Å²) in [5, 5.41) is 0. The Morgan fingerprint density at radius 2 is 1.76 bits per heavy atom. The molecule has 0 saturated carbocycles. The van der Waals surface area contributed by atoms with Gasteiger partial charge in [-0.25, -0.2) is 0 Å². The molecule has 21 heavy (non-hydrogen) atoms. The van der Waals surface area contributed by atoms with E-state index < -0.39 is 21.9 Å². The monoisotopic (exact) mass is 324 g/mol. The van der Waals surface area contributed by atoms with Gasteiger partial charge < -0.3 is 0 Å². The number of rotatable bonds is 7. The molecule has 0 fully saturated rings. The zero-order chi connectivity index (χ0) is 16.1. The molecule has 0 aliphatic rings. The molecule has 0 spiro atoms. The Morgan fingerprint density at radius 3 is 2.24 bits per heavy atom. The van der Waals surface area contributed by atoms with Gasteiger partial charge in [0, 0.05) is 20.1 Å². The Morgan fingerprint density at radius 1 is 1.19 bits per heavy atom. The highest BCUT2D eigenvalue weighted by atomic mass is 32.2. The van der Waals surface area contributed by atoms with E-state index in [1.165, 1.54) is 23.5 Å². The Labute approximate surface area is 123 Å². The summed E-state index contributed by atoms with van der Waals surface area (Å²) < 4.78 is 64.5. The fourth-order valence-electron chi connectivity index (χ4n) is 1.60. The number of nitrogens with one attached hydrogen (secondary N) is 1. The van der Waals surface area contributed by atoms with E-state index >= 15 is 0 Å². The molecule has 0 aliphatic heterocycles. The van der Waals surface area contributed by atoms with Gasteiger partial charge in [-0.05, 0) is 24.1 Å². The Balaban J connectivity index is 2.62. The Kier molecular flexibility index (Phi) is 6.18. The molecular formula is C13H19F3N2O2S. The second-order valence-corrected chi connectivity index (χ2v) is 6.56. The van der Waals surface area contributed by atoms with Crippen LogP contribution in [0.1, 0.15) is 30.9 Å². The van der Waals surface area contributed by atoms with E-state index in [2.05, 4.69) is 4.72 Å². The van der Waals surface area contributed by atoms with Gasteiger partial charge in [-0.1, -0.05) is 25.5 Å². The summed E-state index contributed by atoms with van der Waals surface area (Å²) in [6.07, 6.45) is -2.77. The van der Waals surface area contributed by atoms with Crippen LogP contribution in [-0.4, -0.2) is 26.3 Å². The maximum Gasteiger partial charge on any atom is 0.416 e. The quantitative estimate of drug-likeness (QED) is 0.838. The maximum atomic E-state index is 12.4. The molecule has 0 saturated heterocycles. The molecule has 1 aromatic rings. The van der Waals surface area contributed by atoms with Crippen LogP contribution in [0.5, 0.6) is 0 Å². The zero-order valence-corrected chi connectivity index (χ0v) is 12.8. The summed E-state index contributed by atoms with van der Waals surface area (Å²) in [5.41, 5.74) is -0.287. The lowest BCUT2D eigenvalue weighted by Crippen LogP contribution is -2.38. The second kappa shape index (κ2) is 7.24. The summed E-state index contributed by atoms with van der Waals surface area (Å²) in [6.45, 7) is 2.31. The zero-order valence-electron chi connectivity index (χ0n) is 11.9. The minimum atomic E-state index is -4.39. The predicted molar refractivity (Wildman–Crippen MR) is 74.7 cm³/mol. The first-order valence-corrected chi connectivity index (χ1v) is 7.98. The van der Waals surface area contributed by atoms with Crippen molar-refractivity contribution in [3.63, 3.8) is 0 Å². The van der Waals surface area contributed by atoms with Gasteiger partial charge in [0.2, 0.25) is 0 Å². The molecule has 4 nitrogen and oxygen atoms in total. The van der Waals surface area contributed by atoms with Crippen LogP contribution < -0.4 is 4.72 Å². The second-order valence-electron chi connectivity index (χ2n) is 4.70. The van der Waals surface area contributed by atoms with Crippen LogP contribution in [0.4, 0.5) is 13.2 Å². The summed E-state index contributed by atoms with van der Waals surface area (Å²) in [5.74, 6) is 0. The summed E-state index contributed by atoms with van der Waals surface area (Å²) in [4.78, 5) is 0. The molecular weight excluding hydrogens is 305 g/mol. The molecule has 0 atom stereocenters. The van der Waals surface area contributed by atoms with Crippen LogP contribution >= 0.6 is 0 Å².